The summed E-state index contributed by atoms with van der Waals surface area (Å²) >= 11 is 3.44. The van der Waals surface area contributed by atoms with E-state index < -0.39 is 11.6 Å². The molecule has 2 aromatic rings. The second-order valence-electron chi connectivity index (χ2n) is 4.72. The van der Waals surface area contributed by atoms with E-state index in [-0.39, 0.29) is 6.04 Å². The molecular weight excluding hydrogens is 324 g/mol. The molecule has 1 unspecified atom stereocenters. The average molecular weight is 340 g/mol. The zero-order chi connectivity index (χ0) is 14.7. The van der Waals surface area contributed by atoms with Crippen molar-refractivity contribution in [2.24, 2.45) is 0 Å². The Kier molecular flexibility index (Phi) is 4.76. The Morgan fingerprint density at radius 2 is 1.75 bits per heavy atom. The van der Waals surface area contributed by atoms with Crippen molar-refractivity contribution >= 4 is 21.6 Å². The maximum absolute atomic E-state index is 13.3. The molecule has 0 aliphatic rings. The third kappa shape index (κ3) is 3.57. The summed E-state index contributed by atoms with van der Waals surface area (Å²) < 4.78 is 27.5. The molecule has 0 amide bonds. The highest BCUT2D eigenvalue weighted by Crippen LogP contribution is 2.26. The van der Waals surface area contributed by atoms with Crippen LogP contribution in [0.1, 0.15) is 31.0 Å². The number of aryl methyl sites for hydroxylation is 1. The topological polar surface area (TPSA) is 12.0 Å². The summed E-state index contributed by atoms with van der Waals surface area (Å²) in [4.78, 5) is 0. The molecule has 4 heteroatoms. The van der Waals surface area contributed by atoms with E-state index in [2.05, 4.69) is 28.2 Å². The number of benzene rings is 2. The summed E-state index contributed by atoms with van der Waals surface area (Å²) in [6, 6.07) is 9.37. The van der Waals surface area contributed by atoms with Gasteiger partial charge in [0.05, 0.1) is 0 Å². The zero-order valence-electron chi connectivity index (χ0n) is 11.4. The average Bonchev–Trinajstić information content (AvgIpc) is 2.39. The van der Waals surface area contributed by atoms with Crippen molar-refractivity contribution in [3.63, 3.8) is 0 Å². The first-order valence-corrected chi connectivity index (χ1v) is 7.30. The standard InChI is InChI=1S/C16H16BrF2N/c1-3-11-6-13(17)4-5-16(11)20-10(2)12-7-14(18)9-15(19)8-12/h4-10,20H,3H2,1-2H3. The van der Waals surface area contributed by atoms with E-state index in [9.17, 15) is 8.78 Å². The minimum atomic E-state index is -0.555. The quantitative estimate of drug-likeness (QED) is 0.779. The Hall–Kier alpha value is -1.42. The van der Waals surface area contributed by atoms with Gasteiger partial charge in [-0.1, -0.05) is 22.9 Å². The summed E-state index contributed by atoms with van der Waals surface area (Å²) in [5.74, 6) is -1.11. The van der Waals surface area contributed by atoms with Gasteiger partial charge in [-0.2, -0.15) is 0 Å². The van der Waals surface area contributed by atoms with Crippen LogP contribution in [-0.2, 0) is 6.42 Å². The molecule has 1 atom stereocenters. The normalized spacial score (nSPS) is 12.2. The van der Waals surface area contributed by atoms with E-state index in [1.54, 1.807) is 0 Å². The van der Waals surface area contributed by atoms with Gasteiger partial charge in [-0.25, -0.2) is 8.78 Å². The maximum atomic E-state index is 13.3. The van der Waals surface area contributed by atoms with Gasteiger partial charge in [-0.15, -0.1) is 0 Å². The van der Waals surface area contributed by atoms with Crippen molar-refractivity contribution < 1.29 is 8.78 Å². The van der Waals surface area contributed by atoms with Crippen LogP contribution in [0.25, 0.3) is 0 Å². The molecule has 0 radical (unpaired) electrons. The van der Waals surface area contributed by atoms with Crippen LogP contribution in [-0.4, -0.2) is 0 Å². The first-order valence-electron chi connectivity index (χ1n) is 6.50. The van der Waals surface area contributed by atoms with Crippen LogP contribution in [0, 0.1) is 11.6 Å². The fourth-order valence-electron chi connectivity index (χ4n) is 2.14. The van der Waals surface area contributed by atoms with E-state index in [4.69, 9.17) is 0 Å². The van der Waals surface area contributed by atoms with Gasteiger partial charge in [0.2, 0.25) is 0 Å². The van der Waals surface area contributed by atoms with Gasteiger partial charge in [-0.3, -0.25) is 0 Å². The molecule has 0 heterocycles. The van der Waals surface area contributed by atoms with E-state index in [0.717, 1.165) is 28.2 Å². The van der Waals surface area contributed by atoms with Crippen LogP contribution in [0.5, 0.6) is 0 Å². The van der Waals surface area contributed by atoms with Crippen LogP contribution in [0.15, 0.2) is 40.9 Å². The number of hydrogen-bond donors (Lipinski definition) is 1. The zero-order valence-corrected chi connectivity index (χ0v) is 13.0. The van der Waals surface area contributed by atoms with Gasteiger partial charge in [0, 0.05) is 22.3 Å². The van der Waals surface area contributed by atoms with Gasteiger partial charge in [0.15, 0.2) is 0 Å². The molecule has 0 spiro atoms. The molecule has 0 bridgehead atoms. The highest BCUT2D eigenvalue weighted by Gasteiger charge is 2.10. The van der Waals surface area contributed by atoms with Gasteiger partial charge >= 0.3 is 0 Å². The largest absolute Gasteiger partial charge is 0.378 e. The van der Waals surface area contributed by atoms with E-state index >= 15 is 0 Å². The molecule has 20 heavy (non-hydrogen) atoms. The monoisotopic (exact) mass is 339 g/mol. The lowest BCUT2D eigenvalue weighted by Gasteiger charge is -2.18. The van der Waals surface area contributed by atoms with Crippen LogP contribution in [0.3, 0.4) is 0 Å². The van der Waals surface area contributed by atoms with Gasteiger partial charge in [0.1, 0.15) is 11.6 Å². The molecule has 0 saturated carbocycles. The van der Waals surface area contributed by atoms with Gasteiger partial charge < -0.3 is 5.32 Å². The first-order chi connectivity index (χ1) is 9.49. The Labute approximate surface area is 126 Å². The molecule has 0 fully saturated rings. The van der Waals surface area contributed by atoms with E-state index in [1.165, 1.54) is 12.1 Å². The van der Waals surface area contributed by atoms with Crippen LogP contribution >= 0.6 is 15.9 Å². The number of anilines is 1. The predicted octanol–water partition coefficient (Wildman–Crippen LogP) is 5.46. The summed E-state index contributed by atoms with van der Waals surface area (Å²) in [6.07, 6.45) is 0.881. The lowest BCUT2D eigenvalue weighted by Crippen LogP contribution is -2.09. The molecule has 0 aliphatic heterocycles. The SMILES string of the molecule is CCc1cc(Br)ccc1NC(C)c1cc(F)cc(F)c1. The minimum absolute atomic E-state index is 0.174. The van der Waals surface area contributed by atoms with Crippen molar-refractivity contribution in [1.82, 2.24) is 0 Å². The highest BCUT2D eigenvalue weighted by molar-refractivity contribution is 9.10. The minimum Gasteiger partial charge on any atom is -0.378 e. The summed E-state index contributed by atoms with van der Waals surface area (Å²) in [5, 5.41) is 3.31. The molecule has 0 aliphatic carbocycles. The van der Waals surface area contributed by atoms with Crippen molar-refractivity contribution in [1.29, 1.82) is 0 Å². The first kappa shape index (κ1) is 15.0. The highest BCUT2D eigenvalue weighted by atomic mass is 79.9. The number of nitrogens with one attached hydrogen (secondary N) is 1. The molecule has 106 valence electrons. The Balaban J connectivity index is 2.25. The number of rotatable bonds is 4. The van der Waals surface area contributed by atoms with Crippen molar-refractivity contribution in [3.8, 4) is 0 Å². The van der Waals surface area contributed by atoms with Gasteiger partial charge in [0.25, 0.3) is 0 Å². The van der Waals surface area contributed by atoms with Crippen LogP contribution in [0.2, 0.25) is 0 Å². The Bertz CT molecular complexity index is 593. The van der Waals surface area contributed by atoms with E-state index in [0.29, 0.717) is 5.56 Å². The van der Waals surface area contributed by atoms with Gasteiger partial charge in [-0.05, 0) is 54.8 Å². The molecule has 0 aromatic heterocycles. The summed E-state index contributed by atoms with van der Waals surface area (Å²) in [5.41, 5.74) is 2.73. The summed E-state index contributed by atoms with van der Waals surface area (Å²) in [6.45, 7) is 3.95. The third-order valence-electron chi connectivity index (χ3n) is 3.21. The second-order valence-corrected chi connectivity index (χ2v) is 5.64. The fourth-order valence-corrected chi connectivity index (χ4v) is 2.55. The second kappa shape index (κ2) is 6.35. The third-order valence-corrected chi connectivity index (χ3v) is 3.70. The lowest BCUT2D eigenvalue weighted by molar-refractivity contribution is 0.577. The molecule has 1 N–H and O–H groups in total. The fraction of sp³-hybridized carbons (Fsp3) is 0.250. The summed E-state index contributed by atoms with van der Waals surface area (Å²) in [7, 11) is 0. The number of halogens is 3. The molecule has 2 rings (SSSR count). The van der Waals surface area contributed by atoms with Crippen LogP contribution < -0.4 is 5.32 Å². The molecular formula is C16H16BrF2N. The maximum Gasteiger partial charge on any atom is 0.126 e. The van der Waals surface area contributed by atoms with Crippen molar-refractivity contribution in [2.75, 3.05) is 5.32 Å². The molecule has 1 nitrogen and oxygen atoms in total. The Morgan fingerprint density at radius 1 is 1.10 bits per heavy atom. The number of hydrogen-bond acceptors (Lipinski definition) is 1. The van der Waals surface area contributed by atoms with Crippen LogP contribution in [0.4, 0.5) is 14.5 Å². The predicted molar refractivity (Wildman–Crippen MR) is 81.9 cm³/mol. The van der Waals surface area contributed by atoms with Crippen molar-refractivity contribution in [2.45, 2.75) is 26.3 Å². The smallest absolute Gasteiger partial charge is 0.126 e. The molecule has 2 aromatic carbocycles. The molecule has 0 saturated heterocycles. The van der Waals surface area contributed by atoms with Crippen molar-refractivity contribution in [3.05, 3.63) is 63.6 Å². The van der Waals surface area contributed by atoms with E-state index in [1.807, 2.05) is 25.1 Å². The Morgan fingerprint density at radius 3 is 2.35 bits per heavy atom. The lowest BCUT2D eigenvalue weighted by atomic mass is 10.1.